The number of guanidine groups is 1. The highest BCUT2D eigenvalue weighted by atomic mass is 127. The van der Waals surface area contributed by atoms with Crippen molar-refractivity contribution in [1.29, 1.82) is 0 Å². The summed E-state index contributed by atoms with van der Waals surface area (Å²) in [7, 11) is 1.39. The quantitative estimate of drug-likeness (QED) is 0.278. The summed E-state index contributed by atoms with van der Waals surface area (Å²) in [5.41, 5.74) is 0.799. The van der Waals surface area contributed by atoms with Crippen molar-refractivity contribution >= 4 is 41.7 Å². The Balaban J connectivity index is 0.00000729. The lowest BCUT2D eigenvalue weighted by atomic mass is 10.2. The van der Waals surface area contributed by atoms with Gasteiger partial charge in [0.05, 0.1) is 13.7 Å². The van der Waals surface area contributed by atoms with Crippen LogP contribution < -0.4 is 20.1 Å². The molecule has 0 amide bonds. The van der Waals surface area contributed by atoms with Gasteiger partial charge in [-0.1, -0.05) is 6.07 Å². The highest BCUT2D eigenvalue weighted by Gasteiger charge is 2.29. The number of benzene rings is 1. The third-order valence-electron chi connectivity index (χ3n) is 3.62. The van der Waals surface area contributed by atoms with Gasteiger partial charge in [-0.25, -0.2) is 4.99 Å². The molecule has 0 heterocycles. The number of nitrogens with one attached hydrogen (secondary N) is 2. The van der Waals surface area contributed by atoms with E-state index in [0.29, 0.717) is 12.5 Å². The molecule has 0 atom stereocenters. The normalized spacial score (nSPS) is 12.2. The molecule has 0 unspecified atom stereocenters. The van der Waals surface area contributed by atoms with Crippen molar-refractivity contribution in [2.24, 2.45) is 4.99 Å². The SMILES string of the molecule is CCNC(=NCc1ccc(OCC(F)(F)F)c(OC)c1)NCC(C)(C)SC.I. The maximum atomic E-state index is 12.3. The summed E-state index contributed by atoms with van der Waals surface area (Å²) in [6.45, 7) is 6.71. The molecule has 10 heteroatoms. The lowest BCUT2D eigenvalue weighted by molar-refractivity contribution is -0.153. The van der Waals surface area contributed by atoms with Gasteiger partial charge in [-0.2, -0.15) is 24.9 Å². The molecule has 0 saturated carbocycles. The number of rotatable bonds is 9. The van der Waals surface area contributed by atoms with Gasteiger partial charge in [-0.3, -0.25) is 0 Å². The molecule has 162 valence electrons. The second kappa shape index (κ2) is 12.5. The Hall–Kier alpha value is -1.04. The number of aliphatic imine (C=N–C) groups is 1. The Labute approximate surface area is 186 Å². The summed E-state index contributed by atoms with van der Waals surface area (Å²) in [4.78, 5) is 4.52. The molecule has 0 saturated heterocycles. The third kappa shape index (κ3) is 10.5. The Kier molecular flexibility index (Phi) is 12.0. The van der Waals surface area contributed by atoms with Crippen molar-refractivity contribution in [3.05, 3.63) is 23.8 Å². The first-order chi connectivity index (χ1) is 12.6. The molecule has 5 nitrogen and oxygen atoms in total. The van der Waals surface area contributed by atoms with E-state index in [1.54, 1.807) is 23.9 Å². The molecule has 0 aliphatic heterocycles. The highest BCUT2D eigenvalue weighted by Crippen LogP contribution is 2.30. The Morgan fingerprint density at radius 3 is 2.39 bits per heavy atom. The predicted octanol–water partition coefficient (Wildman–Crippen LogP) is 4.45. The van der Waals surface area contributed by atoms with Crippen LogP contribution >= 0.6 is 35.7 Å². The first kappa shape index (κ1) is 27.0. The van der Waals surface area contributed by atoms with E-state index in [4.69, 9.17) is 9.47 Å². The average Bonchev–Trinajstić information content (AvgIpc) is 2.61. The molecule has 0 spiro atoms. The fourth-order valence-electron chi connectivity index (χ4n) is 1.97. The van der Waals surface area contributed by atoms with Crippen LogP contribution in [-0.4, -0.2) is 49.9 Å². The largest absolute Gasteiger partial charge is 0.493 e. The van der Waals surface area contributed by atoms with Crippen LogP contribution in [0.4, 0.5) is 13.2 Å². The van der Waals surface area contributed by atoms with E-state index in [9.17, 15) is 13.2 Å². The minimum Gasteiger partial charge on any atom is -0.493 e. The van der Waals surface area contributed by atoms with Crippen LogP contribution in [0.1, 0.15) is 26.3 Å². The standard InChI is InChI=1S/C18H28F3N3O2S.HI/c1-6-22-16(24-11-17(2,3)27-5)23-10-13-7-8-14(15(9-13)25-4)26-12-18(19,20)21;/h7-9H,6,10-12H2,1-5H3,(H2,22,23,24);1H. The number of hydrogen-bond acceptors (Lipinski definition) is 4. The summed E-state index contributed by atoms with van der Waals surface area (Å²) < 4.78 is 47.0. The Morgan fingerprint density at radius 2 is 1.86 bits per heavy atom. The van der Waals surface area contributed by atoms with Crippen LogP contribution in [0, 0.1) is 0 Å². The number of methoxy groups -OCH3 is 1. The van der Waals surface area contributed by atoms with Gasteiger partial charge in [0.2, 0.25) is 0 Å². The smallest absolute Gasteiger partial charge is 0.422 e. The lowest BCUT2D eigenvalue weighted by Crippen LogP contribution is -2.43. The summed E-state index contributed by atoms with van der Waals surface area (Å²) in [5, 5.41) is 6.47. The molecule has 0 radical (unpaired) electrons. The summed E-state index contributed by atoms with van der Waals surface area (Å²) in [6, 6.07) is 4.77. The zero-order chi connectivity index (χ0) is 20.5. The number of halogens is 4. The van der Waals surface area contributed by atoms with Crippen LogP contribution in [0.5, 0.6) is 11.5 Å². The fourth-order valence-corrected chi connectivity index (χ4v) is 2.19. The molecule has 0 aromatic heterocycles. The molecule has 1 aromatic carbocycles. The van der Waals surface area contributed by atoms with Crippen molar-refractivity contribution in [1.82, 2.24) is 10.6 Å². The van der Waals surface area contributed by atoms with E-state index in [2.05, 4.69) is 35.7 Å². The van der Waals surface area contributed by atoms with Gasteiger partial charge in [0.15, 0.2) is 24.1 Å². The molecule has 0 bridgehead atoms. The van der Waals surface area contributed by atoms with E-state index < -0.39 is 12.8 Å². The van der Waals surface area contributed by atoms with Crippen molar-refractivity contribution in [3.8, 4) is 11.5 Å². The monoisotopic (exact) mass is 535 g/mol. The van der Waals surface area contributed by atoms with Crippen molar-refractivity contribution in [3.63, 3.8) is 0 Å². The number of alkyl halides is 3. The number of hydrogen-bond donors (Lipinski definition) is 2. The van der Waals surface area contributed by atoms with Gasteiger partial charge >= 0.3 is 6.18 Å². The summed E-state index contributed by atoms with van der Waals surface area (Å²) in [6.07, 6.45) is -2.34. The van der Waals surface area contributed by atoms with Crippen molar-refractivity contribution in [2.75, 3.05) is 33.1 Å². The molecule has 0 aliphatic rings. The van der Waals surface area contributed by atoms with Gasteiger partial charge in [-0.15, -0.1) is 24.0 Å². The van der Waals surface area contributed by atoms with Crippen LogP contribution in [0.2, 0.25) is 0 Å². The van der Waals surface area contributed by atoms with Crippen molar-refractivity contribution in [2.45, 2.75) is 38.2 Å². The van der Waals surface area contributed by atoms with Crippen LogP contribution in [0.25, 0.3) is 0 Å². The van der Waals surface area contributed by atoms with E-state index in [-0.39, 0.29) is 40.2 Å². The minimum absolute atomic E-state index is 0. The van der Waals surface area contributed by atoms with Crippen LogP contribution in [0.3, 0.4) is 0 Å². The van der Waals surface area contributed by atoms with E-state index >= 15 is 0 Å². The second-order valence-electron chi connectivity index (χ2n) is 6.40. The Morgan fingerprint density at radius 1 is 1.18 bits per heavy atom. The zero-order valence-electron chi connectivity index (χ0n) is 16.8. The molecular formula is C18H29F3IN3O2S. The molecule has 2 N–H and O–H groups in total. The summed E-state index contributed by atoms with van der Waals surface area (Å²) >= 11 is 1.76. The highest BCUT2D eigenvalue weighted by molar-refractivity contribution is 14.0. The minimum atomic E-state index is -4.40. The van der Waals surface area contributed by atoms with Gasteiger partial charge in [0, 0.05) is 17.8 Å². The molecule has 28 heavy (non-hydrogen) atoms. The number of nitrogens with zero attached hydrogens (tertiary/aromatic N) is 1. The zero-order valence-corrected chi connectivity index (χ0v) is 19.9. The topological polar surface area (TPSA) is 54.9 Å². The van der Waals surface area contributed by atoms with Gasteiger partial charge in [0.25, 0.3) is 0 Å². The van der Waals surface area contributed by atoms with Gasteiger partial charge in [-0.05, 0) is 44.7 Å². The molecular weight excluding hydrogens is 506 g/mol. The third-order valence-corrected chi connectivity index (χ3v) is 4.87. The summed E-state index contributed by atoms with van der Waals surface area (Å²) in [5.74, 6) is 0.971. The lowest BCUT2D eigenvalue weighted by Gasteiger charge is -2.23. The maximum absolute atomic E-state index is 12.3. The first-order valence-corrected chi connectivity index (χ1v) is 9.76. The number of thioether (sulfide) groups is 1. The predicted molar refractivity (Wildman–Crippen MR) is 120 cm³/mol. The number of ether oxygens (including phenoxy) is 2. The second-order valence-corrected chi connectivity index (χ2v) is 7.92. The van der Waals surface area contributed by atoms with Crippen LogP contribution in [0.15, 0.2) is 23.2 Å². The Bertz CT molecular complexity index is 629. The van der Waals surface area contributed by atoms with Crippen molar-refractivity contribution < 1.29 is 22.6 Å². The molecule has 0 aliphatic carbocycles. The molecule has 1 rings (SSSR count). The van der Waals surface area contributed by atoms with Crippen LogP contribution in [-0.2, 0) is 6.54 Å². The first-order valence-electron chi connectivity index (χ1n) is 8.54. The van der Waals surface area contributed by atoms with E-state index in [1.807, 2.05) is 6.92 Å². The van der Waals surface area contributed by atoms with Gasteiger partial charge < -0.3 is 20.1 Å². The van der Waals surface area contributed by atoms with Gasteiger partial charge in [0.1, 0.15) is 0 Å². The molecule has 1 aromatic rings. The molecule has 0 fully saturated rings. The van der Waals surface area contributed by atoms with E-state index in [1.165, 1.54) is 13.2 Å². The van der Waals surface area contributed by atoms with E-state index in [0.717, 1.165) is 18.7 Å². The fraction of sp³-hybridized carbons (Fsp3) is 0.611. The average molecular weight is 535 g/mol. The maximum Gasteiger partial charge on any atom is 0.422 e.